The van der Waals surface area contributed by atoms with Crippen LogP contribution in [0.25, 0.3) is 10.9 Å². The number of methoxy groups -OCH3 is 1. The molecule has 24 heavy (non-hydrogen) atoms. The fraction of sp³-hybridized carbons (Fsp3) is 0.278. The smallest absolute Gasteiger partial charge is 0.268 e. The molecule has 1 atom stereocenters. The molecule has 0 aliphatic carbocycles. The first-order valence-corrected chi connectivity index (χ1v) is 7.77. The highest BCUT2D eigenvalue weighted by Crippen LogP contribution is 2.23. The maximum atomic E-state index is 12.6. The lowest BCUT2D eigenvalue weighted by Crippen LogP contribution is -2.35. The molecule has 2 aromatic heterocycles. The van der Waals surface area contributed by atoms with Crippen molar-refractivity contribution >= 4 is 16.8 Å². The van der Waals surface area contributed by atoms with Crippen molar-refractivity contribution in [2.24, 2.45) is 7.05 Å². The van der Waals surface area contributed by atoms with Crippen molar-refractivity contribution in [3.63, 3.8) is 0 Å². The van der Waals surface area contributed by atoms with Gasteiger partial charge in [-0.15, -0.1) is 0 Å². The Labute approximate surface area is 140 Å². The summed E-state index contributed by atoms with van der Waals surface area (Å²) in [7, 11) is 3.52. The third-order valence-corrected chi connectivity index (χ3v) is 3.99. The highest BCUT2D eigenvalue weighted by molar-refractivity contribution is 5.99. The topological polar surface area (TPSA) is 69.0 Å². The summed E-state index contributed by atoms with van der Waals surface area (Å²) in [6.45, 7) is 1.96. The molecule has 0 fully saturated rings. The number of hydrogen-bond acceptors (Lipinski definition) is 4. The van der Waals surface area contributed by atoms with E-state index in [1.54, 1.807) is 25.7 Å². The van der Waals surface area contributed by atoms with Gasteiger partial charge in [-0.3, -0.25) is 14.8 Å². The van der Waals surface area contributed by atoms with Crippen LogP contribution in [0.2, 0.25) is 0 Å². The molecule has 0 spiro atoms. The van der Waals surface area contributed by atoms with E-state index in [1.165, 1.54) is 0 Å². The molecule has 3 rings (SSSR count). The predicted molar refractivity (Wildman–Crippen MR) is 92.1 cm³/mol. The van der Waals surface area contributed by atoms with E-state index in [0.717, 1.165) is 22.3 Å². The molecule has 0 unspecified atom stereocenters. The van der Waals surface area contributed by atoms with E-state index in [0.29, 0.717) is 12.1 Å². The van der Waals surface area contributed by atoms with Crippen molar-refractivity contribution < 1.29 is 9.53 Å². The first kappa shape index (κ1) is 16.0. The second-order valence-electron chi connectivity index (χ2n) is 5.79. The number of benzene rings is 1. The van der Waals surface area contributed by atoms with Crippen LogP contribution in [0, 0.1) is 0 Å². The average Bonchev–Trinajstić information content (AvgIpc) is 2.92. The van der Waals surface area contributed by atoms with E-state index >= 15 is 0 Å². The van der Waals surface area contributed by atoms with Crippen molar-refractivity contribution in [2.45, 2.75) is 19.4 Å². The minimum absolute atomic E-state index is 0.0400. The van der Waals surface area contributed by atoms with Gasteiger partial charge in [-0.1, -0.05) is 0 Å². The fourth-order valence-electron chi connectivity index (χ4n) is 2.77. The highest BCUT2D eigenvalue weighted by Gasteiger charge is 2.16. The van der Waals surface area contributed by atoms with Gasteiger partial charge in [0.15, 0.2) is 0 Å². The summed E-state index contributed by atoms with van der Waals surface area (Å²) in [4.78, 5) is 20.9. The van der Waals surface area contributed by atoms with Crippen LogP contribution >= 0.6 is 0 Å². The summed E-state index contributed by atoms with van der Waals surface area (Å²) in [6, 6.07) is 7.60. The van der Waals surface area contributed by atoms with Gasteiger partial charge in [0.25, 0.3) is 5.91 Å². The fourth-order valence-corrected chi connectivity index (χ4v) is 2.77. The summed E-state index contributed by atoms with van der Waals surface area (Å²) in [5.41, 5.74) is 2.46. The van der Waals surface area contributed by atoms with E-state index < -0.39 is 0 Å². The van der Waals surface area contributed by atoms with E-state index in [9.17, 15) is 4.79 Å². The number of hydrogen-bond donors (Lipinski definition) is 1. The van der Waals surface area contributed by atoms with Gasteiger partial charge >= 0.3 is 0 Å². The Bertz CT molecular complexity index is 858. The summed E-state index contributed by atoms with van der Waals surface area (Å²) in [5, 5.41) is 3.99. The number of nitrogens with zero attached hydrogens (tertiary/aromatic N) is 3. The molecule has 0 saturated heterocycles. The number of amides is 1. The number of nitrogens with one attached hydrogen (secondary N) is 1. The molecule has 1 aromatic carbocycles. The second-order valence-corrected chi connectivity index (χ2v) is 5.79. The Morgan fingerprint density at radius 2 is 2.17 bits per heavy atom. The summed E-state index contributed by atoms with van der Waals surface area (Å²) in [6.07, 6.45) is 5.64. The Morgan fingerprint density at radius 1 is 1.33 bits per heavy atom. The number of carbonyl (C=O) groups is 1. The van der Waals surface area contributed by atoms with Gasteiger partial charge in [0, 0.05) is 49.0 Å². The van der Waals surface area contributed by atoms with Crippen molar-refractivity contribution in [1.29, 1.82) is 0 Å². The maximum absolute atomic E-state index is 12.6. The van der Waals surface area contributed by atoms with Gasteiger partial charge in [0.1, 0.15) is 11.4 Å². The van der Waals surface area contributed by atoms with Gasteiger partial charge in [0.2, 0.25) is 0 Å². The molecule has 6 nitrogen and oxygen atoms in total. The average molecular weight is 324 g/mol. The van der Waals surface area contributed by atoms with E-state index in [-0.39, 0.29) is 11.9 Å². The third-order valence-electron chi connectivity index (χ3n) is 3.99. The van der Waals surface area contributed by atoms with Crippen LogP contribution < -0.4 is 10.1 Å². The summed E-state index contributed by atoms with van der Waals surface area (Å²) in [5.74, 6) is 0.667. The van der Waals surface area contributed by atoms with Crippen LogP contribution in [0.5, 0.6) is 5.75 Å². The quantitative estimate of drug-likeness (QED) is 0.782. The maximum Gasteiger partial charge on any atom is 0.268 e. The zero-order valence-electron chi connectivity index (χ0n) is 14.0. The molecule has 6 heteroatoms. The second kappa shape index (κ2) is 6.70. The van der Waals surface area contributed by atoms with Gasteiger partial charge in [-0.2, -0.15) is 0 Å². The zero-order chi connectivity index (χ0) is 17.1. The lowest BCUT2D eigenvalue weighted by Gasteiger charge is -2.13. The molecule has 0 aliphatic heterocycles. The molecule has 3 aromatic rings. The Balaban J connectivity index is 1.77. The molecule has 2 heterocycles. The monoisotopic (exact) mass is 324 g/mol. The van der Waals surface area contributed by atoms with Gasteiger partial charge < -0.3 is 14.6 Å². The highest BCUT2D eigenvalue weighted by atomic mass is 16.5. The molecule has 0 bridgehead atoms. The molecular weight excluding hydrogens is 304 g/mol. The standard InChI is InChI=1S/C18H20N4O2/c1-12(8-14-11-19-6-7-20-14)21-18(23)17-10-13-9-15(24-3)4-5-16(13)22(17)2/h4-7,9-12H,8H2,1-3H3,(H,21,23)/t12-/m0/s1. The molecule has 1 amide bonds. The molecular formula is C18H20N4O2. The molecule has 1 N–H and O–H groups in total. The Kier molecular flexibility index (Phi) is 4.46. The third kappa shape index (κ3) is 3.22. The number of ether oxygens (including phenoxy) is 1. The Hall–Kier alpha value is -2.89. The molecule has 124 valence electrons. The molecule has 0 saturated carbocycles. The summed E-state index contributed by atoms with van der Waals surface area (Å²) >= 11 is 0. The predicted octanol–water partition coefficient (Wildman–Crippen LogP) is 2.34. The molecule has 0 radical (unpaired) electrons. The number of rotatable bonds is 5. The van der Waals surface area contributed by atoms with Crippen LogP contribution in [-0.2, 0) is 13.5 Å². The molecule has 0 aliphatic rings. The number of aromatic nitrogens is 3. The van der Waals surface area contributed by atoms with E-state index in [2.05, 4.69) is 15.3 Å². The van der Waals surface area contributed by atoms with Gasteiger partial charge in [-0.25, -0.2) is 0 Å². The van der Waals surface area contributed by atoms with Crippen LogP contribution in [0.3, 0.4) is 0 Å². The number of carbonyl (C=O) groups excluding carboxylic acids is 1. The largest absolute Gasteiger partial charge is 0.497 e. The minimum atomic E-state index is -0.107. The zero-order valence-corrected chi connectivity index (χ0v) is 14.0. The van der Waals surface area contributed by atoms with Crippen LogP contribution in [0.4, 0.5) is 0 Å². The SMILES string of the molecule is COc1ccc2c(c1)cc(C(=O)N[C@@H](C)Cc1cnccn1)n2C. The van der Waals surface area contributed by atoms with Crippen molar-refractivity contribution in [3.8, 4) is 5.75 Å². The lowest BCUT2D eigenvalue weighted by molar-refractivity contribution is 0.0932. The lowest BCUT2D eigenvalue weighted by atomic mass is 10.2. The Morgan fingerprint density at radius 3 is 2.88 bits per heavy atom. The number of aryl methyl sites for hydroxylation is 1. The normalized spacial score (nSPS) is 12.1. The van der Waals surface area contributed by atoms with E-state index in [1.807, 2.05) is 42.8 Å². The van der Waals surface area contributed by atoms with Crippen LogP contribution in [0.15, 0.2) is 42.9 Å². The number of fused-ring (bicyclic) bond motifs is 1. The first-order chi connectivity index (χ1) is 11.6. The first-order valence-electron chi connectivity index (χ1n) is 7.77. The van der Waals surface area contributed by atoms with Crippen LogP contribution in [0.1, 0.15) is 23.1 Å². The van der Waals surface area contributed by atoms with Gasteiger partial charge in [-0.05, 0) is 31.2 Å². The van der Waals surface area contributed by atoms with Crippen molar-refractivity contribution in [1.82, 2.24) is 19.9 Å². The minimum Gasteiger partial charge on any atom is -0.497 e. The van der Waals surface area contributed by atoms with Gasteiger partial charge in [0.05, 0.1) is 12.8 Å². The van der Waals surface area contributed by atoms with Crippen molar-refractivity contribution in [3.05, 3.63) is 54.2 Å². The summed E-state index contributed by atoms with van der Waals surface area (Å²) < 4.78 is 7.13. The van der Waals surface area contributed by atoms with E-state index in [4.69, 9.17) is 4.74 Å². The van der Waals surface area contributed by atoms with Crippen LogP contribution in [-0.4, -0.2) is 33.6 Å². The van der Waals surface area contributed by atoms with Crippen molar-refractivity contribution in [2.75, 3.05) is 7.11 Å².